The van der Waals surface area contributed by atoms with E-state index in [9.17, 15) is 4.79 Å². The summed E-state index contributed by atoms with van der Waals surface area (Å²) in [5.41, 5.74) is 2.86. The number of ketones is 1. The fraction of sp³-hybridized carbons (Fsp3) is 0.167. The zero-order valence-electron chi connectivity index (χ0n) is 13.3. The average Bonchev–Trinajstić information content (AvgIpc) is 3.04. The normalized spacial score (nSPS) is 12.1. The maximum atomic E-state index is 12.5. The van der Waals surface area contributed by atoms with Crippen LogP contribution in [0, 0.1) is 6.92 Å². The molecular formula is C18H16BrN3OS. The number of aryl methyl sites for hydroxylation is 1. The molecule has 1 N–H and O–H groups in total. The Morgan fingerprint density at radius 3 is 2.46 bits per heavy atom. The molecule has 1 unspecified atom stereocenters. The van der Waals surface area contributed by atoms with Crippen LogP contribution in [0.2, 0.25) is 0 Å². The molecule has 2 aromatic carbocycles. The lowest BCUT2D eigenvalue weighted by Crippen LogP contribution is -2.13. The van der Waals surface area contributed by atoms with Gasteiger partial charge in [0.1, 0.15) is 0 Å². The number of aromatic amines is 1. The Morgan fingerprint density at radius 2 is 1.79 bits per heavy atom. The molecule has 0 bridgehead atoms. The standard InChI is InChI=1S/C18H16BrN3OS/c1-11-3-5-14(6-4-11)17-20-18(22-21-17)24-12(2)16(23)13-7-9-15(19)10-8-13/h3-10,12H,1-2H3,(H,20,21,22). The number of Topliss-reactive ketones (excluding diaryl/α,β-unsaturated/α-hetero) is 1. The predicted octanol–water partition coefficient (Wildman–Crippen LogP) is 4.91. The van der Waals surface area contributed by atoms with Crippen molar-refractivity contribution in [2.45, 2.75) is 24.3 Å². The lowest BCUT2D eigenvalue weighted by molar-refractivity contribution is 0.0994. The van der Waals surface area contributed by atoms with E-state index in [2.05, 4.69) is 31.1 Å². The fourth-order valence-corrected chi connectivity index (χ4v) is 3.27. The van der Waals surface area contributed by atoms with Crippen LogP contribution in [-0.4, -0.2) is 26.2 Å². The van der Waals surface area contributed by atoms with Crippen molar-refractivity contribution >= 4 is 33.5 Å². The number of benzene rings is 2. The molecule has 4 nitrogen and oxygen atoms in total. The lowest BCUT2D eigenvalue weighted by atomic mass is 10.1. The number of aromatic nitrogens is 3. The van der Waals surface area contributed by atoms with Crippen molar-refractivity contribution in [2.24, 2.45) is 0 Å². The fourth-order valence-electron chi connectivity index (χ4n) is 2.20. The summed E-state index contributed by atoms with van der Waals surface area (Å²) in [6, 6.07) is 15.4. The molecule has 3 aromatic rings. The van der Waals surface area contributed by atoms with E-state index in [1.807, 2.05) is 62.4 Å². The Kier molecular flexibility index (Phi) is 5.16. The van der Waals surface area contributed by atoms with Gasteiger partial charge in [0.05, 0.1) is 5.25 Å². The molecule has 6 heteroatoms. The smallest absolute Gasteiger partial charge is 0.209 e. The topological polar surface area (TPSA) is 58.6 Å². The summed E-state index contributed by atoms with van der Waals surface area (Å²) < 4.78 is 0.955. The Hall–Kier alpha value is -1.92. The molecule has 0 aliphatic rings. The van der Waals surface area contributed by atoms with Gasteiger partial charge in [-0.2, -0.15) is 0 Å². The maximum absolute atomic E-state index is 12.5. The first-order chi connectivity index (χ1) is 11.5. The Bertz CT molecular complexity index is 843. The summed E-state index contributed by atoms with van der Waals surface area (Å²) in [5.74, 6) is 0.773. The zero-order valence-corrected chi connectivity index (χ0v) is 15.7. The molecule has 0 amide bonds. The van der Waals surface area contributed by atoms with Gasteiger partial charge >= 0.3 is 0 Å². The van der Waals surface area contributed by atoms with Crippen LogP contribution in [0.1, 0.15) is 22.8 Å². The Morgan fingerprint density at radius 1 is 1.12 bits per heavy atom. The molecule has 0 aliphatic heterocycles. The van der Waals surface area contributed by atoms with Crippen molar-refractivity contribution < 1.29 is 4.79 Å². The van der Waals surface area contributed by atoms with Crippen LogP contribution >= 0.6 is 27.7 Å². The maximum Gasteiger partial charge on any atom is 0.209 e. The first kappa shape index (κ1) is 16.9. The average molecular weight is 402 g/mol. The highest BCUT2D eigenvalue weighted by Gasteiger charge is 2.19. The molecule has 24 heavy (non-hydrogen) atoms. The second-order valence-corrected chi connectivity index (χ2v) is 7.69. The van der Waals surface area contributed by atoms with E-state index in [0.717, 1.165) is 10.0 Å². The highest BCUT2D eigenvalue weighted by molar-refractivity contribution is 9.10. The molecule has 1 heterocycles. The number of nitrogens with zero attached hydrogens (tertiary/aromatic N) is 2. The van der Waals surface area contributed by atoms with Crippen molar-refractivity contribution in [3.8, 4) is 11.4 Å². The Labute approximate surface area is 153 Å². The van der Waals surface area contributed by atoms with Crippen LogP contribution in [0.4, 0.5) is 0 Å². The zero-order chi connectivity index (χ0) is 17.1. The number of hydrogen-bond acceptors (Lipinski definition) is 4. The summed E-state index contributed by atoms with van der Waals surface area (Å²) in [6.45, 7) is 3.91. The van der Waals surface area contributed by atoms with Crippen molar-refractivity contribution in [3.63, 3.8) is 0 Å². The Balaban J connectivity index is 1.70. The van der Waals surface area contributed by atoms with Gasteiger partial charge in [0.25, 0.3) is 0 Å². The van der Waals surface area contributed by atoms with Crippen molar-refractivity contribution in [2.75, 3.05) is 0 Å². The molecule has 0 aliphatic carbocycles. The number of carbonyl (C=O) groups excluding carboxylic acids is 1. The van der Waals surface area contributed by atoms with Gasteiger partial charge in [-0.1, -0.05) is 69.7 Å². The molecule has 0 saturated heterocycles. The third-order valence-corrected chi connectivity index (χ3v) is 5.06. The van der Waals surface area contributed by atoms with Crippen LogP contribution in [-0.2, 0) is 0 Å². The van der Waals surface area contributed by atoms with Crippen LogP contribution in [0.25, 0.3) is 11.4 Å². The van der Waals surface area contributed by atoms with E-state index in [0.29, 0.717) is 16.5 Å². The molecule has 0 radical (unpaired) electrons. The van der Waals surface area contributed by atoms with Crippen LogP contribution in [0.3, 0.4) is 0 Å². The van der Waals surface area contributed by atoms with Gasteiger partial charge in [-0.05, 0) is 26.0 Å². The first-order valence-corrected chi connectivity index (χ1v) is 9.16. The highest BCUT2D eigenvalue weighted by atomic mass is 79.9. The second-order valence-electron chi connectivity index (χ2n) is 5.46. The highest BCUT2D eigenvalue weighted by Crippen LogP contribution is 2.25. The second kappa shape index (κ2) is 7.32. The van der Waals surface area contributed by atoms with E-state index in [1.165, 1.54) is 17.3 Å². The molecule has 0 saturated carbocycles. The molecule has 3 rings (SSSR count). The summed E-state index contributed by atoms with van der Waals surface area (Å²) in [4.78, 5) is 16.9. The minimum atomic E-state index is -0.257. The van der Waals surface area contributed by atoms with Crippen LogP contribution < -0.4 is 0 Å². The van der Waals surface area contributed by atoms with Gasteiger partial charge in [-0.3, -0.25) is 9.89 Å². The third kappa shape index (κ3) is 3.94. The number of H-pyrrole nitrogens is 1. The number of rotatable bonds is 5. The summed E-state index contributed by atoms with van der Waals surface area (Å²) in [6.07, 6.45) is 0. The molecule has 122 valence electrons. The quantitative estimate of drug-likeness (QED) is 0.487. The minimum Gasteiger partial charge on any atom is -0.293 e. The monoisotopic (exact) mass is 401 g/mol. The molecule has 1 atom stereocenters. The number of carbonyl (C=O) groups is 1. The SMILES string of the molecule is Cc1ccc(-c2nc(SC(C)C(=O)c3ccc(Br)cc3)n[nH]2)cc1. The minimum absolute atomic E-state index is 0.0641. The number of hydrogen-bond donors (Lipinski definition) is 1. The van der Waals surface area contributed by atoms with E-state index in [-0.39, 0.29) is 11.0 Å². The lowest BCUT2D eigenvalue weighted by Gasteiger charge is -2.07. The molecule has 0 spiro atoms. The van der Waals surface area contributed by atoms with E-state index in [1.54, 1.807) is 0 Å². The summed E-state index contributed by atoms with van der Waals surface area (Å²) in [5, 5.41) is 7.46. The van der Waals surface area contributed by atoms with Gasteiger partial charge in [0.2, 0.25) is 5.16 Å². The molecular weight excluding hydrogens is 386 g/mol. The van der Waals surface area contributed by atoms with E-state index in [4.69, 9.17) is 0 Å². The van der Waals surface area contributed by atoms with E-state index >= 15 is 0 Å². The summed E-state index contributed by atoms with van der Waals surface area (Å²) in [7, 11) is 0. The predicted molar refractivity (Wildman–Crippen MR) is 100 cm³/mol. The van der Waals surface area contributed by atoms with Gasteiger partial charge < -0.3 is 0 Å². The first-order valence-electron chi connectivity index (χ1n) is 7.49. The van der Waals surface area contributed by atoms with Crippen LogP contribution in [0.15, 0.2) is 58.2 Å². The number of halogens is 1. The van der Waals surface area contributed by atoms with Gasteiger partial charge in [-0.15, -0.1) is 5.10 Å². The number of nitrogens with one attached hydrogen (secondary N) is 1. The van der Waals surface area contributed by atoms with Gasteiger partial charge in [-0.25, -0.2) is 4.98 Å². The van der Waals surface area contributed by atoms with Crippen molar-refractivity contribution in [1.29, 1.82) is 0 Å². The van der Waals surface area contributed by atoms with E-state index < -0.39 is 0 Å². The summed E-state index contributed by atoms with van der Waals surface area (Å²) >= 11 is 4.73. The molecule has 1 aromatic heterocycles. The largest absolute Gasteiger partial charge is 0.293 e. The van der Waals surface area contributed by atoms with Crippen molar-refractivity contribution in [1.82, 2.24) is 15.2 Å². The molecule has 0 fully saturated rings. The third-order valence-electron chi connectivity index (χ3n) is 3.57. The van der Waals surface area contributed by atoms with Crippen molar-refractivity contribution in [3.05, 3.63) is 64.1 Å². The number of thioether (sulfide) groups is 1. The van der Waals surface area contributed by atoms with Crippen LogP contribution in [0.5, 0.6) is 0 Å². The van der Waals surface area contributed by atoms with Gasteiger partial charge in [0.15, 0.2) is 11.6 Å². The van der Waals surface area contributed by atoms with Gasteiger partial charge in [0, 0.05) is 15.6 Å².